The van der Waals surface area contributed by atoms with Crippen molar-refractivity contribution in [2.45, 2.75) is 0 Å². The second-order valence-electron chi connectivity index (χ2n) is 3.51. The smallest absolute Gasteiger partial charge is 0.256 e. The van der Waals surface area contributed by atoms with Crippen molar-refractivity contribution in [1.29, 1.82) is 0 Å². The van der Waals surface area contributed by atoms with Crippen molar-refractivity contribution in [3.05, 3.63) is 35.0 Å². The Kier molecular flexibility index (Phi) is 2.40. The predicted molar refractivity (Wildman–Crippen MR) is 60.2 cm³/mol. The van der Waals surface area contributed by atoms with Gasteiger partial charge in [-0.2, -0.15) is 0 Å². The molecule has 1 heterocycles. The van der Waals surface area contributed by atoms with E-state index < -0.39 is 0 Å². The Morgan fingerprint density at radius 1 is 1.47 bits per heavy atom. The minimum absolute atomic E-state index is 0.0801. The molecule has 1 amide bonds. The summed E-state index contributed by atoms with van der Waals surface area (Å²) in [6.45, 7) is 0. The Hall–Kier alpha value is -1.48. The Labute approximate surface area is 92.6 Å². The minimum Gasteiger partial charge on any atom is -0.353 e. The molecule has 0 aliphatic rings. The van der Waals surface area contributed by atoms with Crippen molar-refractivity contribution in [3.8, 4) is 0 Å². The summed E-state index contributed by atoms with van der Waals surface area (Å²) >= 11 is 5.88. The van der Waals surface area contributed by atoms with Crippen LogP contribution in [0.4, 0.5) is 0 Å². The molecule has 4 heteroatoms. The summed E-state index contributed by atoms with van der Waals surface area (Å²) in [5.41, 5.74) is 1.39. The maximum Gasteiger partial charge on any atom is 0.256 e. The summed E-state index contributed by atoms with van der Waals surface area (Å²) in [5.74, 6) is -0.0801. The molecule has 1 aromatic heterocycles. The fourth-order valence-corrected chi connectivity index (χ4v) is 1.59. The minimum atomic E-state index is -0.0801. The average Bonchev–Trinajstić information content (AvgIpc) is 2.59. The second-order valence-corrected chi connectivity index (χ2v) is 3.95. The van der Waals surface area contributed by atoms with Gasteiger partial charge >= 0.3 is 0 Å². The van der Waals surface area contributed by atoms with Crippen LogP contribution in [0.1, 0.15) is 10.4 Å². The summed E-state index contributed by atoms with van der Waals surface area (Å²) in [6, 6.07) is 5.37. The number of halogens is 1. The van der Waals surface area contributed by atoms with Crippen LogP contribution in [0.5, 0.6) is 0 Å². The normalized spacial score (nSPS) is 10.6. The van der Waals surface area contributed by atoms with E-state index in [4.69, 9.17) is 11.6 Å². The van der Waals surface area contributed by atoms with Gasteiger partial charge in [0.1, 0.15) is 0 Å². The largest absolute Gasteiger partial charge is 0.353 e. The van der Waals surface area contributed by atoms with Gasteiger partial charge in [-0.15, -0.1) is 0 Å². The molecule has 0 aliphatic carbocycles. The quantitative estimate of drug-likeness (QED) is 0.788. The number of carbonyl (C=O) groups excluding carboxylic acids is 1. The summed E-state index contributed by atoms with van der Waals surface area (Å²) in [7, 11) is 3.42. The molecule has 1 aromatic carbocycles. The number of carbonyl (C=O) groups is 1. The SMILES string of the molecule is CN(C)C(=O)c1[c][nH]c2ccc(Cl)cc12. The van der Waals surface area contributed by atoms with E-state index in [2.05, 4.69) is 11.2 Å². The molecule has 0 fully saturated rings. The average molecular weight is 222 g/mol. The maximum atomic E-state index is 11.8. The molecule has 1 N–H and O–H groups in total. The summed E-state index contributed by atoms with van der Waals surface area (Å²) in [4.78, 5) is 16.2. The molecule has 0 atom stereocenters. The van der Waals surface area contributed by atoms with Gasteiger partial charge in [-0.3, -0.25) is 4.79 Å². The van der Waals surface area contributed by atoms with Gasteiger partial charge in [0.15, 0.2) is 0 Å². The van der Waals surface area contributed by atoms with E-state index in [-0.39, 0.29) is 5.91 Å². The van der Waals surface area contributed by atoms with Crippen molar-refractivity contribution < 1.29 is 4.79 Å². The number of nitrogens with zero attached hydrogens (tertiary/aromatic N) is 1. The number of aromatic nitrogens is 1. The van der Waals surface area contributed by atoms with Crippen molar-refractivity contribution in [3.63, 3.8) is 0 Å². The molecule has 0 aliphatic heterocycles. The zero-order valence-electron chi connectivity index (χ0n) is 8.47. The van der Waals surface area contributed by atoms with Crippen molar-refractivity contribution in [1.82, 2.24) is 9.88 Å². The first-order valence-corrected chi connectivity index (χ1v) is 4.88. The number of amides is 1. The molecule has 0 saturated carbocycles. The highest BCUT2D eigenvalue weighted by atomic mass is 35.5. The fourth-order valence-electron chi connectivity index (χ4n) is 1.42. The lowest BCUT2D eigenvalue weighted by atomic mass is 10.1. The van der Waals surface area contributed by atoms with Crippen molar-refractivity contribution >= 4 is 28.4 Å². The molecular formula is C11H10ClN2O. The maximum absolute atomic E-state index is 11.8. The molecular weight excluding hydrogens is 212 g/mol. The van der Waals surface area contributed by atoms with E-state index in [0.29, 0.717) is 10.6 Å². The number of fused-ring (bicyclic) bond motifs is 1. The van der Waals surface area contributed by atoms with Crippen LogP contribution in [0, 0.1) is 6.20 Å². The van der Waals surface area contributed by atoms with Crippen LogP contribution in [0.2, 0.25) is 5.02 Å². The van der Waals surface area contributed by atoms with E-state index in [0.717, 1.165) is 10.9 Å². The molecule has 77 valence electrons. The van der Waals surface area contributed by atoms with Gasteiger partial charge in [0.05, 0.1) is 11.8 Å². The molecule has 15 heavy (non-hydrogen) atoms. The van der Waals surface area contributed by atoms with Gasteiger partial charge in [-0.05, 0) is 18.2 Å². The highest BCUT2D eigenvalue weighted by Crippen LogP contribution is 2.22. The predicted octanol–water partition coefficient (Wildman–Crippen LogP) is 2.32. The van der Waals surface area contributed by atoms with E-state index >= 15 is 0 Å². The second kappa shape index (κ2) is 3.59. The standard InChI is InChI=1S/C11H10ClN2O/c1-14(2)11(15)9-6-13-10-4-3-7(12)5-8(9)10/h3-5,13H,1-2H3. The molecule has 0 saturated heterocycles. The van der Waals surface area contributed by atoms with Gasteiger partial charge in [0, 0.05) is 30.0 Å². The number of nitrogens with one attached hydrogen (secondary N) is 1. The summed E-state index contributed by atoms with van der Waals surface area (Å²) in [6.07, 6.45) is 2.85. The van der Waals surface area contributed by atoms with Crippen molar-refractivity contribution in [2.75, 3.05) is 14.1 Å². The third kappa shape index (κ3) is 1.70. The molecule has 1 radical (unpaired) electrons. The molecule has 3 nitrogen and oxygen atoms in total. The number of hydrogen-bond acceptors (Lipinski definition) is 1. The highest BCUT2D eigenvalue weighted by Gasteiger charge is 2.14. The molecule has 2 rings (SSSR count). The van der Waals surface area contributed by atoms with E-state index in [1.807, 2.05) is 6.07 Å². The Bertz CT molecular complexity index is 516. The molecule has 2 aromatic rings. The lowest BCUT2D eigenvalue weighted by molar-refractivity contribution is 0.0829. The first-order chi connectivity index (χ1) is 7.09. The lowest BCUT2D eigenvalue weighted by Gasteiger charge is -2.08. The van der Waals surface area contributed by atoms with Gasteiger partial charge < -0.3 is 9.88 Å². The topological polar surface area (TPSA) is 36.1 Å². The Morgan fingerprint density at radius 3 is 2.87 bits per heavy atom. The van der Waals surface area contributed by atoms with Crippen LogP contribution < -0.4 is 0 Å². The van der Waals surface area contributed by atoms with Crippen molar-refractivity contribution in [2.24, 2.45) is 0 Å². The molecule has 0 bridgehead atoms. The van der Waals surface area contributed by atoms with E-state index in [9.17, 15) is 4.79 Å². The zero-order chi connectivity index (χ0) is 11.0. The van der Waals surface area contributed by atoms with Gasteiger partial charge in [0.25, 0.3) is 5.91 Å². The van der Waals surface area contributed by atoms with Crippen LogP contribution in [0.3, 0.4) is 0 Å². The number of hydrogen-bond donors (Lipinski definition) is 1. The lowest BCUT2D eigenvalue weighted by Crippen LogP contribution is -2.21. The monoisotopic (exact) mass is 221 g/mol. The number of rotatable bonds is 1. The third-order valence-corrected chi connectivity index (χ3v) is 2.43. The van der Waals surface area contributed by atoms with Gasteiger partial charge in [0.2, 0.25) is 0 Å². The first kappa shape index (κ1) is 10.1. The van der Waals surface area contributed by atoms with E-state index in [1.54, 1.807) is 26.2 Å². The molecule has 0 spiro atoms. The van der Waals surface area contributed by atoms with Crippen LogP contribution >= 0.6 is 11.6 Å². The van der Waals surface area contributed by atoms with Crippen LogP contribution in [0.25, 0.3) is 10.9 Å². The Morgan fingerprint density at radius 2 is 2.20 bits per heavy atom. The Balaban J connectivity index is 2.62. The zero-order valence-corrected chi connectivity index (χ0v) is 9.22. The summed E-state index contributed by atoms with van der Waals surface area (Å²) in [5, 5.41) is 1.42. The molecule has 0 unspecified atom stereocenters. The number of benzene rings is 1. The highest BCUT2D eigenvalue weighted by molar-refractivity contribution is 6.31. The van der Waals surface area contributed by atoms with Gasteiger partial charge in [-0.1, -0.05) is 11.6 Å². The third-order valence-electron chi connectivity index (χ3n) is 2.19. The van der Waals surface area contributed by atoms with Gasteiger partial charge in [-0.25, -0.2) is 0 Å². The van der Waals surface area contributed by atoms with Crippen LogP contribution in [0.15, 0.2) is 18.2 Å². The van der Waals surface area contributed by atoms with E-state index in [1.165, 1.54) is 4.90 Å². The first-order valence-electron chi connectivity index (χ1n) is 4.50. The number of aromatic amines is 1. The fraction of sp³-hybridized carbons (Fsp3) is 0.182. The number of H-pyrrole nitrogens is 1. The van der Waals surface area contributed by atoms with Crippen LogP contribution in [-0.4, -0.2) is 29.9 Å². The summed E-state index contributed by atoms with van der Waals surface area (Å²) < 4.78 is 0. The van der Waals surface area contributed by atoms with Crippen LogP contribution in [-0.2, 0) is 0 Å².